The molecule has 0 spiro atoms. The van der Waals surface area contributed by atoms with Crippen molar-refractivity contribution in [1.29, 1.82) is 0 Å². The molecule has 0 aromatic rings. The molecule has 0 fully saturated rings. The molecule has 0 aliphatic rings. The first-order valence-electron chi connectivity index (χ1n) is 10.1. The van der Waals surface area contributed by atoms with Gasteiger partial charge in [-0.1, -0.05) is 46.5 Å². The summed E-state index contributed by atoms with van der Waals surface area (Å²) in [5.74, 6) is -3.42. The monoisotopic (exact) mass is 388 g/mol. The molecule has 0 aromatic carbocycles. The molecule has 2 atom stereocenters. The number of ether oxygens (including phenoxy) is 3. The third kappa shape index (κ3) is 12.4. The number of unbranched alkanes of at least 4 members (excludes halogenated alkanes) is 4. The lowest BCUT2D eigenvalue weighted by Crippen LogP contribution is -2.33. The topological polar surface area (TPSA) is 99.1 Å². The molecule has 0 heterocycles. The molecule has 0 aliphatic carbocycles. The van der Waals surface area contributed by atoms with Gasteiger partial charge in [0.25, 0.3) is 0 Å². The first kappa shape index (κ1) is 25.4. The van der Waals surface area contributed by atoms with Gasteiger partial charge in [-0.2, -0.15) is 0 Å². The van der Waals surface area contributed by atoms with Crippen molar-refractivity contribution in [1.82, 2.24) is 0 Å². The van der Waals surface area contributed by atoms with Gasteiger partial charge >= 0.3 is 17.9 Å². The zero-order chi connectivity index (χ0) is 20.5. The van der Waals surface area contributed by atoms with Crippen molar-refractivity contribution < 1.29 is 33.7 Å². The van der Waals surface area contributed by atoms with Crippen LogP contribution >= 0.6 is 0 Å². The number of aliphatic hydroxyl groups is 1. The zero-order valence-electron chi connectivity index (χ0n) is 17.0. The second kappa shape index (κ2) is 16.5. The summed E-state index contributed by atoms with van der Waals surface area (Å²) in [6.45, 7) is 6.22. The van der Waals surface area contributed by atoms with Gasteiger partial charge in [0.05, 0.1) is 38.1 Å². The normalized spacial score (nSPS) is 12.9. The molecule has 0 saturated heterocycles. The van der Waals surface area contributed by atoms with E-state index in [0.29, 0.717) is 13.0 Å². The average molecular weight is 389 g/mol. The maximum absolute atomic E-state index is 12.4. The number of hydrogen-bond acceptors (Lipinski definition) is 7. The van der Waals surface area contributed by atoms with Crippen LogP contribution in [0.3, 0.4) is 0 Å². The number of hydrogen-bond donors (Lipinski definition) is 1. The second-order valence-electron chi connectivity index (χ2n) is 6.65. The standard InChI is InChI=1S/C20H36O7/c1-4-6-8-12-26-19(23)16(3)17(15-18(22)25-14-10-11-21)20(24)27-13-9-7-5-2/h16-17,21H,4-15H2,1-3H3. The molecule has 7 nitrogen and oxygen atoms in total. The molecule has 27 heavy (non-hydrogen) atoms. The Morgan fingerprint density at radius 1 is 0.778 bits per heavy atom. The second-order valence-corrected chi connectivity index (χ2v) is 6.65. The first-order valence-corrected chi connectivity index (χ1v) is 10.1. The summed E-state index contributed by atoms with van der Waals surface area (Å²) in [6, 6.07) is 0. The number of esters is 3. The van der Waals surface area contributed by atoms with Crippen LogP contribution in [0.4, 0.5) is 0 Å². The quantitative estimate of drug-likeness (QED) is 0.246. The minimum atomic E-state index is -0.938. The van der Waals surface area contributed by atoms with Crippen molar-refractivity contribution in [3.63, 3.8) is 0 Å². The van der Waals surface area contributed by atoms with Gasteiger partial charge in [-0.15, -0.1) is 0 Å². The molecule has 0 bridgehead atoms. The lowest BCUT2D eigenvalue weighted by atomic mass is 9.91. The number of aliphatic hydroxyl groups excluding tert-OH is 1. The van der Waals surface area contributed by atoms with Crippen LogP contribution in [0.5, 0.6) is 0 Å². The molecule has 2 unspecified atom stereocenters. The maximum Gasteiger partial charge on any atom is 0.310 e. The van der Waals surface area contributed by atoms with Crippen molar-refractivity contribution in [2.45, 2.75) is 72.1 Å². The van der Waals surface area contributed by atoms with Crippen LogP contribution in [0, 0.1) is 11.8 Å². The molecule has 0 rings (SSSR count). The largest absolute Gasteiger partial charge is 0.466 e. The fraction of sp³-hybridized carbons (Fsp3) is 0.850. The fourth-order valence-electron chi connectivity index (χ4n) is 2.41. The van der Waals surface area contributed by atoms with Gasteiger partial charge in [-0.25, -0.2) is 0 Å². The van der Waals surface area contributed by atoms with Crippen LogP contribution in [-0.4, -0.2) is 49.4 Å². The molecule has 0 saturated carbocycles. The van der Waals surface area contributed by atoms with Crippen LogP contribution in [0.15, 0.2) is 0 Å². The van der Waals surface area contributed by atoms with E-state index in [9.17, 15) is 14.4 Å². The third-order valence-corrected chi connectivity index (χ3v) is 4.21. The van der Waals surface area contributed by atoms with Gasteiger partial charge in [0.15, 0.2) is 0 Å². The molecule has 158 valence electrons. The summed E-state index contributed by atoms with van der Waals surface area (Å²) < 4.78 is 15.5. The van der Waals surface area contributed by atoms with E-state index >= 15 is 0 Å². The minimum absolute atomic E-state index is 0.0729. The van der Waals surface area contributed by atoms with E-state index in [1.165, 1.54) is 0 Å². The van der Waals surface area contributed by atoms with Crippen LogP contribution < -0.4 is 0 Å². The number of carbonyl (C=O) groups excluding carboxylic acids is 3. The highest BCUT2D eigenvalue weighted by Crippen LogP contribution is 2.21. The molecule has 1 N–H and O–H groups in total. The molecule has 7 heteroatoms. The Kier molecular flexibility index (Phi) is 15.5. The first-order chi connectivity index (χ1) is 13.0. The predicted molar refractivity (Wildman–Crippen MR) is 101 cm³/mol. The predicted octanol–water partition coefficient (Wildman–Crippen LogP) is 3.02. The van der Waals surface area contributed by atoms with E-state index < -0.39 is 29.7 Å². The van der Waals surface area contributed by atoms with Gasteiger partial charge in [-0.3, -0.25) is 14.4 Å². The van der Waals surface area contributed by atoms with Crippen molar-refractivity contribution in [2.75, 3.05) is 26.4 Å². The van der Waals surface area contributed by atoms with E-state index in [0.717, 1.165) is 38.5 Å². The van der Waals surface area contributed by atoms with E-state index in [4.69, 9.17) is 19.3 Å². The lowest BCUT2D eigenvalue weighted by Gasteiger charge is -2.21. The summed E-state index contributed by atoms with van der Waals surface area (Å²) in [4.78, 5) is 36.6. The molecule has 0 aromatic heterocycles. The Morgan fingerprint density at radius 3 is 1.81 bits per heavy atom. The highest BCUT2D eigenvalue weighted by Gasteiger charge is 2.35. The average Bonchev–Trinajstić information content (AvgIpc) is 2.66. The molecule has 0 radical (unpaired) electrons. The molecular formula is C20H36O7. The number of carbonyl (C=O) groups is 3. The van der Waals surface area contributed by atoms with Crippen LogP contribution in [0.25, 0.3) is 0 Å². The minimum Gasteiger partial charge on any atom is -0.466 e. The van der Waals surface area contributed by atoms with E-state index in [1.54, 1.807) is 6.92 Å². The van der Waals surface area contributed by atoms with Crippen LogP contribution in [0.2, 0.25) is 0 Å². The van der Waals surface area contributed by atoms with Crippen molar-refractivity contribution in [3.8, 4) is 0 Å². The van der Waals surface area contributed by atoms with Crippen molar-refractivity contribution in [3.05, 3.63) is 0 Å². The third-order valence-electron chi connectivity index (χ3n) is 4.21. The van der Waals surface area contributed by atoms with Gasteiger partial charge in [0.2, 0.25) is 0 Å². The summed E-state index contributed by atoms with van der Waals surface area (Å²) in [5.41, 5.74) is 0. The summed E-state index contributed by atoms with van der Waals surface area (Å²) in [6.07, 6.45) is 5.50. The van der Waals surface area contributed by atoms with Crippen LogP contribution in [-0.2, 0) is 28.6 Å². The summed E-state index contributed by atoms with van der Waals surface area (Å²) in [7, 11) is 0. The van der Waals surface area contributed by atoms with E-state index in [2.05, 4.69) is 6.92 Å². The van der Waals surface area contributed by atoms with Crippen molar-refractivity contribution in [2.24, 2.45) is 11.8 Å². The summed E-state index contributed by atoms with van der Waals surface area (Å²) >= 11 is 0. The Hall–Kier alpha value is -1.63. The Morgan fingerprint density at radius 2 is 1.30 bits per heavy atom. The molecule has 0 aliphatic heterocycles. The van der Waals surface area contributed by atoms with Gasteiger partial charge < -0.3 is 19.3 Å². The molecular weight excluding hydrogens is 352 g/mol. The Balaban J connectivity index is 4.74. The van der Waals surface area contributed by atoms with E-state index in [-0.39, 0.29) is 26.2 Å². The highest BCUT2D eigenvalue weighted by molar-refractivity contribution is 5.85. The van der Waals surface area contributed by atoms with Crippen molar-refractivity contribution >= 4 is 17.9 Å². The summed E-state index contributed by atoms with van der Waals surface area (Å²) in [5, 5.41) is 8.75. The smallest absolute Gasteiger partial charge is 0.310 e. The SMILES string of the molecule is CCCCCOC(=O)C(C)C(CC(=O)OCCCO)C(=O)OCCCCC. The Labute approximate surface area is 162 Å². The van der Waals surface area contributed by atoms with Crippen LogP contribution in [0.1, 0.15) is 72.1 Å². The maximum atomic E-state index is 12.4. The Bertz CT molecular complexity index is 423. The number of rotatable bonds is 16. The van der Waals surface area contributed by atoms with E-state index in [1.807, 2.05) is 6.92 Å². The van der Waals surface area contributed by atoms with Gasteiger partial charge in [0, 0.05) is 13.0 Å². The lowest BCUT2D eigenvalue weighted by molar-refractivity contribution is -0.164. The fourth-order valence-corrected chi connectivity index (χ4v) is 2.41. The van der Waals surface area contributed by atoms with Gasteiger partial charge in [0.1, 0.15) is 0 Å². The zero-order valence-corrected chi connectivity index (χ0v) is 17.0. The highest BCUT2D eigenvalue weighted by atomic mass is 16.5. The molecule has 0 amide bonds. The van der Waals surface area contributed by atoms with Gasteiger partial charge in [-0.05, 0) is 12.8 Å².